The predicted octanol–water partition coefficient (Wildman–Crippen LogP) is 2.23. The van der Waals surface area contributed by atoms with Gasteiger partial charge in [0.05, 0.1) is 0 Å². The van der Waals surface area contributed by atoms with Gasteiger partial charge in [-0.1, -0.05) is 18.2 Å². The molecule has 1 heterocycles. The molecule has 1 fully saturated rings. The molecule has 0 saturated carbocycles. The summed E-state index contributed by atoms with van der Waals surface area (Å²) in [5.74, 6) is 0.759. The normalized spacial score (nSPS) is 16.2. The number of aryl methyl sites for hydroxylation is 1. The van der Waals surface area contributed by atoms with Crippen LogP contribution < -0.4 is 5.73 Å². The fraction of sp³-hybridized carbons (Fsp3) is 0.500. The molecule has 1 aliphatic rings. The molecule has 0 atom stereocenters. The van der Waals surface area contributed by atoms with Crippen molar-refractivity contribution >= 4 is 18.3 Å². The second-order valence-electron chi connectivity index (χ2n) is 4.79. The zero-order valence-corrected chi connectivity index (χ0v) is 11.6. The number of carbonyl (C=O) groups excluding carboxylic acids is 1. The topological polar surface area (TPSA) is 46.3 Å². The van der Waals surface area contributed by atoms with E-state index in [-0.39, 0.29) is 18.3 Å². The van der Waals surface area contributed by atoms with E-state index in [1.807, 2.05) is 36.1 Å². The van der Waals surface area contributed by atoms with Crippen LogP contribution in [0.3, 0.4) is 0 Å². The van der Waals surface area contributed by atoms with E-state index >= 15 is 0 Å². The molecule has 18 heavy (non-hydrogen) atoms. The highest BCUT2D eigenvalue weighted by atomic mass is 35.5. The van der Waals surface area contributed by atoms with Gasteiger partial charge < -0.3 is 10.6 Å². The summed E-state index contributed by atoms with van der Waals surface area (Å²) in [4.78, 5) is 14.3. The van der Waals surface area contributed by atoms with Crippen LogP contribution in [0.4, 0.5) is 0 Å². The van der Waals surface area contributed by atoms with E-state index in [9.17, 15) is 4.79 Å². The molecule has 3 nitrogen and oxygen atoms in total. The number of benzene rings is 1. The number of likely N-dealkylation sites (tertiary alicyclic amines) is 1. The van der Waals surface area contributed by atoms with Gasteiger partial charge in [-0.3, -0.25) is 4.79 Å². The largest absolute Gasteiger partial charge is 0.339 e. The maximum absolute atomic E-state index is 12.3. The average molecular weight is 269 g/mol. The van der Waals surface area contributed by atoms with Gasteiger partial charge in [0.15, 0.2) is 0 Å². The second-order valence-corrected chi connectivity index (χ2v) is 4.79. The van der Waals surface area contributed by atoms with Crippen molar-refractivity contribution in [1.82, 2.24) is 4.90 Å². The third kappa shape index (κ3) is 3.24. The maximum atomic E-state index is 12.3. The highest BCUT2D eigenvalue weighted by Crippen LogP contribution is 2.19. The lowest BCUT2D eigenvalue weighted by atomic mass is 9.96. The molecule has 1 aliphatic heterocycles. The Morgan fingerprint density at radius 1 is 1.33 bits per heavy atom. The molecule has 1 amide bonds. The van der Waals surface area contributed by atoms with E-state index in [0.717, 1.165) is 43.6 Å². The Bertz CT molecular complexity index is 401. The van der Waals surface area contributed by atoms with Crippen LogP contribution in [0.5, 0.6) is 0 Å². The number of carbonyl (C=O) groups is 1. The molecule has 2 rings (SSSR count). The molecule has 1 aromatic rings. The summed E-state index contributed by atoms with van der Waals surface area (Å²) in [6.45, 7) is 4.41. The van der Waals surface area contributed by atoms with Crippen molar-refractivity contribution in [3.63, 3.8) is 0 Å². The minimum absolute atomic E-state index is 0. The van der Waals surface area contributed by atoms with Crippen molar-refractivity contribution in [3.8, 4) is 0 Å². The molecule has 0 radical (unpaired) electrons. The van der Waals surface area contributed by atoms with Crippen molar-refractivity contribution in [1.29, 1.82) is 0 Å². The van der Waals surface area contributed by atoms with Crippen molar-refractivity contribution in [2.75, 3.05) is 19.6 Å². The fourth-order valence-electron chi connectivity index (χ4n) is 2.35. The number of hydrogen-bond acceptors (Lipinski definition) is 2. The molecule has 0 spiro atoms. The summed E-state index contributed by atoms with van der Waals surface area (Å²) in [5, 5.41) is 0. The first kappa shape index (κ1) is 15.0. The first-order chi connectivity index (χ1) is 8.22. The van der Waals surface area contributed by atoms with Gasteiger partial charge >= 0.3 is 0 Å². The standard InChI is InChI=1S/C14H20N2O.ClH/c1-11-4-2-3-5-13(11)14(17)16-8-6-12(10-15)7-9-16;/h2-5,12H,6-10,15H2,1H3;1H. The molecule has 2 N–H and O–H groups in total. The summed E-state index contributed by atoms with van der Waals surface area (Å²) >= 11 is 0. The summed E-state index contributed by atoms with van der Waals surface area (Å²) in [6.07, 6.45) is 2.07. The van der Waals surface area contributed by atoms with Gasteiger partial charge in [0, 0.05) is 18.7 Å². The van der Waals surface area contributed by atoms with Gasteiger partial charge in [-0.15, -0.1) is 12.4 Å². The minimum atomic E-state index is 0. The highest BCUT2D eigenvalue weighted by molar-refractivity contribution is 5.95. The summed E-state index contributed by atoms with van der Waals surface area (Å²) in [6, 6.07) is 7.78. The summed E-state index contributed by atoms with van der Waals surface area (Å²) in [5.41, 5.74) is 7.54. The number of nitrogens with two attached hydrogens (primary N) is 1. The lowest BCUT2D eigenvalue weighted by Crippen LogP contribution is -2.40. The lowest BCUT2D eigenvalue weighted by Gasteiger charge is -2.31. The number of hydrogen-bond donors (Lipinski definition) is 1. The van der Waals surface area contributed by atoms with Gasteiger partial charge in [0.1, 0.15) is 0 Å². The number of piperidine rings is 1. The van der Waals surface area contributed by atoms with E-state index in [4.69, 9.17) is 5.73 Å². The fourth-order valence-corrected chi connectivity index (χ4v) is 2.35. The van der Waals surface area contributed by atoms with Crippen LogP contribution in [-0.4, -0.2) is 30.4 Å². The Balaban J connectivity index is 0.00000162. The van der Waals surface area contributed by atoms with E-state index in [1.165, 1.54) is 0 Å². The second kappa shape index (κ2) is 6.76. The molecular weight excluding hydrogens is 248 g/mol. The van der Waals surface area contributed by atoms with E-state index in [2.05, 4.69) is 0 Å². The molecule has 0 aromatic heterocycles. The Labute approximate surface area is 115 Å². The molecular formula is C14H21ClN2O. The zero-order chi connectivity index (χ0) is 12.3. The van der Waals surface area contributed by atoms with Gasteiger partial charge in [-0.25, -0.2) is 0 Å². The molecule has 100 valence electrons. The van der Waals surface area contributed by atoms with Crippen LogP contribution in [0, 0.1) is 12.8 Å². The van der Waals surface area contributed by atoms with Crippen LogP contribution in [0.2, 0.25) is 0 Å². The first-order valence-corrected chi connectivity index (χ1v) is 6.27. The molecule has 0 aliphatic carbocycles. The van der Waals surface area contributed by atoms with E-state index in [0.29, 0.717) is 5.92 Å². The number of nitrogens with zero attached hydrogens (tertiary/aromatic N) is 1. The zero-order valence-electron chi connectivity index (χ0n) is 10.8. The summed E-state index contributed by atoms with van der Waals surface area (Å²) < 4.78 is 0. The highest BCUT2D eigenvalue weighted by Gasteiger charge is 2.23. The van der Waals surface area contributed by atoms with Crippen LogP contribution in [0.1, 0.15) is 28.8 Å². The van der Waals surface area contributed by atoms with Gasteiger partial charge in [0.2, 0.25) is 0 Å². The smallest absolute Gasteiger partial charge is 0.254 e. The Kier molecular flexibility index (Phi) is 5.63. The Hall–Kier alpha value is -1.06. The van der Waals surface area contributed by atoms with E-state index < -0.39 is 0 Å². The predicted molar refractivity (Wildman–Crippen MR) is 76.1 cm³/mol. The molecule has 1 saturated heterocycles. The molecule has 0 unspecified atom stereocenters. The SMILES string of the molecule is Cc1ccccc1C(=O)N1CCC(CN)CC1.Cl. The first-order valence-electron chi connectivity index (χ1n) is 6.27. The number of halogens is 1. The molecule has 0 bridgehead atoms. The van der Waals surface area contributed by atoms with Crippen molar-refractivity contribution in [2.45, 2.75) is 19.8 Å². The lowest BCUT2D eigenvalue weighted by molar-refractivity contribution is 0.0692. The monoisotopic (exact) mass is 268 g/mol. The minimum Gasteiger partial charge on any atom is -0.339 e. The van der Waals surface area contributed by atoms with E-state index in [1.54, 1.807) is 0 Å². The van der Waals surface area contributed by atoms with Gasteiger partial charge in [-0.2, -0.15) is 0 Å². The van der Waals surface area contributed by atoms with Crippen molar-refractivity contribution in [3.05, 3.63) is 35.4 Å². The van der Waals surface area contributed by atoms with Crippen LogP contribution >= 0.6 is 12.4 Å². The van der Waals surface area contributed by atoms with Gasteiger partial charge in [-0.05, 0) is 43.9 Å². The maximum Gasteiger partial charge on any atom is 0.254 e. The summed E-state index contributed by atoms with van der Waals surface area (Å²) in [7, 11) is 0. The van der Waals surface area contributed by atoms with Crippen LogP contribution in [0.15, 0.2) is 24.3 Å². The van der Waals surface area contributed by atoms with Crippen LogP contribution in [0.25, 0.3) is 0 Å². The Morgan fingerprint density at radius 2 is 1.94 bits per heavy atom. The number of amides is 1. The Morgan fingerprint density at radius 3 is 2.50 bits per heavy atom. The van der Waals surface area contributed by atoms with Crippen LogP contribution in [-0.2, 0) is 0 Å². The molecule has 4 heteroatoms. The van der Waals surface area contributed by atoms with Crippen molar-refractivity contribution < 1.29 is 4.79 Å². The quantitative estimate of drug-likeness (QED) is 0.894. The third-order valence-electron chi connectivity index (χ3n) is 3.61. The third-order valence-corrected chi connectivity index (χ3v) is 3.61. The van der Waals surface area contributed by atoms with Crippen molar-refractivity contribution in [2.24, 2.45) is 11.7 Å². The number of rotatable bonds is 2. The van der Waals surface area contributed by atoms with Gasteiger partial charge in [0.25, 0.3) is 5.91 Å². The molecule has 1 aromatic carbocycles. The average Bonchev–Trinajstić information content (AvgIpc) is 2.39.